The average Bonchev–Trinajstić information content (AvgIpc) is 3.32. The van der Waals surface area contributed by atoms with Gasteiger partial charge < -0.3 is 5.32 Å². The summed E-state index contributed by atoms with van der Waals surface area (Å²) in [6.07, 6.45) is 21.8. The Morgan fingerprint density at radius 1 is 0.758 bits per heavy atom. The normalized spacial score (nSPS) is 11.1. The van der Waals surface area contributed by atoms with Gasteiger partial charge in [-0.15, -0.1) is 0 Å². The number of nitrogens with zero attached hydrogens (tertiary/aromatic N) is 1. The van der Waals surface area contributed by atoms with Crippen molar-refractivity contribution in [2.24, 2.45) is 0 Å². The second kappa shape index (κ2) is 17.4. The van der Waals surface area contributed by atoms with Gasteiger partial charge in [0.2, 0.25) is 0 Å². The van der Waals surface area contributed by atoms with Crippen LogP contribution in [0.5, 0.6) is 0 Å². The van der Waals surface area contributed by atoms with Crippen LogP contribution in [0.1, 0.15) is 126 Å². The van der Waals surface area contributed by atoms with Gasteiger partial charge in [-0.2, -0.15) is 5.10 Å². The number of hydrogen-bond acceptors (Lipinski definition) is 2. The van der Waals surface area contributed by atoms with E-state index in [1.54, 1.807) is 0 Å². The molecule has 2 aromatic rings. The predicted molar refractivity (Wildman–Crippen MR) is 141 cm³/mol. The van der Waals surface area contributed by atoms with Crippen LogP contribution in [0.3, 0.4) is 0 Å². The maximum absolute atomic E-state index is 12.3. The van der Waals surface area contributed by atoms with Crippen LogP contribution in [0, 0.1) is 6.92 Å². The van der Waals surface area contributed by atoms with Gasteiger partial charge in [0.1, 0.15) is 5.69 Å². The Kier molecular flexibility index (Phi) is 14.3. The van der Waals surface area contributed by atoms with E-state index in [1.165, 1.54) is 102 Å². The second-order valence-corrected chi connectivity index (χ2v) is 9.59. The number of carbonyl (C=O) groups excluding carboxylic acids is 1. The van der Waals surface area contributed by atoms with Crippen molar-refractivity contribution in [1.82, 2.24) is 15.5 Å². The molecule has 0 fully saturated rings. The van der Waals surface area contributed by atoms with Gasteiger partial charge in [-0.05, 0) is 19.4 Å². The number of amides is 1. The van der Waals surface area contributed by atoms with Gasteiger partial charge in [-0.25, -0.2) is 0 Å². The molecule has 1 aromatic heterocycles. The zero-order valence-electron chi connectivity index (χ0n) is 21.3. The van der Waals surface area contributed by atoms with Crippen molar-refractivity contribution in [3.63, 3.8) is 0 Å². The van der Waals surface area contributed by atoms with Crippen molar-refractivity contribution in [1.29, 1.82) is 0 Å². The number of aryl methyl sites for hydroxylation is 1. The third kappa shape index (κ3) is 12.1. The molecule has 184 valence electrons. The predicted octanol–water partition coefficient (Wildman–Crippen LogP) is 8.38. The van der Waals surface area contributed by atoms with E-state index in [0.717, 1.165) is 24.2 Å². The molecule has 0 saturated carbocycles. The first kappa shape index (κ1) is 27.1. The minimum Gasteiger partial charge on any atom is -0.351 e. The molecule has 0 aliphatic heterocycles. The van der Waals surface area contributed by atoms with Gasteiger partial charge in [0.25, 0.3) is 5.91 Å². The van der Waals surface area contributed by atoms with E-state index in [0.29, 0.717) is 5.69 Å². The molecule has 1 amide bonds. The third-order valence-corrected chi connectivity index (χ3v) is 6.49. The van der Waals surface area contributed by atoms with Crippen LogP contribution in [0.2, 0.25) is 0 Å². The molecule has 0 unspecified atom stereocenters. The molecule has 1 aromatic carbocycles. The molecule has 0 bridgehead atoms. The number of carbonyl (C=O) groups is 1. The summed E-state index contributed by atoms with van der Waals surface area (Å²) in [4.78, 5) is 12.3. The summed E-state index contributed by atoms with van der Waals surface area (Å²) in [6, 6.07) is 10.0. The van der Waals surface area contributed by atoms with Crippen molar-refractivity contribution in [2.75, 3.05) is 6.54 Å². The first-order chi connectivity index (χ1) is 16.2. The summed E-state index contributed by atoms with van der Waals surface area (Å²) in [5.74, 6) is -0.0678. The van der Waals surface area contributed by atoms with Crippen molar-refractivity contribution in [2.45, 2.75) is 117 Å². The Morgan fingerprint density at radius 2 is 1.24 bits per heavy atom. The molecule has 1 heterocycles. The first-order valence-electron chi connectivity index (χ1n) is 13.6. The lowest BCUT2D eigenvalue weighted by atomic mass is 10.0. The minimum atomic E-state index is -0.0678. The summed E-state index contributed by atoms with van der Waals surface area (Å²) < 4.78 is 0. The Morgan fingerprint density at radius 3 is 1.76 bits per heavy atom. The molecule has 0 spiro atoms. The van der Waals surface area contributed by atoms with Crippen molar-refractivity contribution in [3.05, 3.63) is 41.6 Å². The van der Waals surface area contributed by atoms with E-state index in [9.17, 15) is 4.79 Å². The van der Waals surface area contributed by atoms with E-state index in [2.05, 4.69) is 41.5 Å². The zero-order valence-corrected chi connectivity index (χ0v) is 21.3. The number of rotatable bonds is 19. The fourth-order valence-electron chi connectivity index (χ4n) is 4.28. The van der Waals surface area contributed by atoms with Crippen molar-refractivity contribution in [3.8, 4) is 11.3 Å². The quantitative estimate of drug-likeness (QED) is 0.210. The van der Waals surface area contributed by atoms with E-state index >= 15 is 0 Å². The van der Waals surface area contributed by atoms with E-state index in [4.69, 9.17) is 0 Å². The number of H-pyrrole nitrogens is 1. The lowest BCUT2D eigenvalue weighted by molar-refractivity contribution is 0.0948. The SMILES string of the molecule is CCCCCCCCCCCCCCCCCCNC(=O)c1cc(-c2ccc(C)cc2)n[nH]1. The van der Waals surface area contributed by atoms with Crippen LogP contribution < -0.4 is 5.32 Å². The first-order valence-corrected chi connectivity index (χ1v) is 13.6. The molecular formula is C29H47N3O. The van der Waals surface area contributed by atoms with Gasteiger partial charge in [0.15, 0.2) is 0 Å². The van der Waals surface area contributed by atoms with E-state index in [-0.39, 0.29) is 5.91 Å². The molecule has 0 aliphatic rings. The van der Waals surface area contributed by atoms with Crippen LogP contribution in [-0.2, 0) is 0 Å². The highest BCUT2D eigenvalue weighted by Gasteiger charge is 2.10. The van der Waals surface area contributed by atoms with Crippen LogP contribution in [0.15, 0.2) is 30.3 Å². The molecule has 0 saturated heterocycles. The number of unbranched alkanes of at least 4 members (excludes halogenated alkanes) is 15. The Labute approximate surface area is 202 Å². The maximum Gasteiger partial charge on any atom is 0.269 e. The number of nitrogens with one attached hydrogen (secondary N) is 2. The molecule has 0 radical (unpaired) electrons. The van der Waals surface area contributed by atoms with Gasteiger partial charge in [-0.1, -0.05) is 133 Å². The number of benzene rings is 1. The van der Waals surface area contributed by atoms with Gasteiger partial charge in [0.05, 0.1) is 5.69 Å². The molecule has 2 rings (SSSR count). The largest absolute Gasteiger partial charge is 0.351 e. The fraction of sp³-hybridized carbons (Fsp3) is 0.655. The molecule has 2 N–H and O–H groups in total. The smallest absolute Gasteiger partial charge is 0.269 e. The minimum absolute atomic E-state index is 0.0678. The molecule has 0 aliphatic carbocycles. The molecule has 0 atom stereocenters. The van der Waals surface area contributed by atoms with E-state index < -0.39 is 0 Å². The summed E-state index contributed by atoms with van der Waals surface area (Å²) >= 11 is 0. The standard InChI is InChI=1S/C29H47N3O/c1-3-4-5-6-7-8-9-10-11-12-13-14-15-16-17-18-23-30-29(33)28-24-27(31-32-28)26-21-19-25(2)20-22-26/h19-22,24H,3-18,23H2,1-2H3,(H,30,33)(H,31,32). The van der Waals surface area contributed by atoms with Crippen LogP contribution in [0.4, 0.5) is 0 Å². The number of hydrogen-bond donors (Lipinski definition) is 2. The Hall–Kier alpha value is -2.10. The second-order valence-electron chi connectivity index (χ2n) is 9.59. The van der Waals surface area contributed by atoms with Crippen LogP contribution in [0.25, 0.3) is 11.3 Å². The number of aromatic amines is 1. The summed E-state index contributed by atoms with van der Waals surface area (Å²) in [6.45, 7) is 5.08. The van der Waals surface area contributed by atoms with Gasteiger partial charge in [-0.3, -0.25) is 9.89 Å². The summed E-state index contributed by atoms with van der Waals surface area (Å²) in [5, 5.41) is 10.2. The molecular weight excluding hydrogens is 406 g/mol. The van der Waals surface area contributed by atoms with Crippen LogP contribution >= 0.6 is 0 Å². The van der Waals surface area contributed by atoms with E-state index in [1.807, 2.05) is 18.2 Å². The maximum atomic E-state index is 12.3. The molecule has 4 nitrogen and oxygen atoms in total. The lowest BCUT2D eigenvalue weighted by Crippen LogP contribution is -2.24. The summed E-state index contributed by atoms with van der Waals surface area (Å²) in [5.41, 5.74) is 3.57. The number of aromatic nitrogens is 2. The van der Waals surface area contributed by atoms with Crippen molar-refractivity contribution < 1.29 is 4.79 Å². The molecule has 33 heavy (non-hydrogen) atoms. The Bertz CT molecular complexity index is 750. The monoisotopic (exact) mass is 453 g/mol. The van der Waals surface area contributed by atoms with Crippen molar-refractivity contribution >= 4 is 5.91 Å². The Balaban J connectivity index is 1.39. The highest BCUT2D eigenvalue weighted by molar-refractivity contribution is 5.93. The summed E-state index contributed by atoms with van der Waals surface area (Å²) in [7, 11) is 0. The average molecular weight is 454 g/mol. The van der Waals surface area contributed by atoms with Crippen LogP contribution in [-0.4, -0.2) is 22.6 Å². The highest BCUT2D eigenvalue weighted by atomic mass is 16.1. The van der Waals surface area contributed by atoms with Gasteiger partial charge >= 0.3 is 0 Å². The highest BCUT2D eigenvalue weighted by Crippen LogP contribution is 2.18. The third-order valence-electron chi connectivity index (χ3n) is 6.49. The topological polar surface area (TPSA) is 57.8 Å². The van der Waals surface area contributed by atoms with Gasteiger partial charge in [0, 0.05) is 12.1 Å². The zero-order chi connectivity index (χ0) is 23.6. The molecule has 4 heteroatoms. The fourth-order valence-corrected chi connectivity index (χ4v) is 4.28. The lowest BCUT2D eigenvalue weighted by Gasteiger charge is -2.04.